The zero-order valence-electron chi connectivity index (χ0n) is 12.1. The van der Waals surface area contributed by atoms with Crippen LogP contribution < -0.4 is 0 Å². The molecule has 0 unspecified atom stereocenters. The van der Waals surface area contributed by atoms with Crippen LogP contribution in [-0.4, -0.2) is 23.6 Å². The minimum absolute atomic E-state index is 0.0887. The molecule has 0 bridgehead atoms. The van der Waals surface area contributed by atoms with Gasteiger partial charge in [0.1, 0.15) is 12.7 Å². The second-order valence-corrected chi connectivity index (χ2v) is 6.17. The van der Waals surface area contributed by atoms with E-state index < -0.39 is 0 Å². The number of rotatable bonds is 3. The molecule has 0 spiro atoms. The average molecular weight is 259 g/mol. The predicted octanol–water partition coefficient (Wildman–Crippen LogP) is 3.42. The molecule has 3 heteroatoms. The normalized spacial score (nSPS) is 31.8. The topological polar surface area (TPSA) is 34.1 Å². The van der Waals surface area contributed by atoms with Crippen LogP contribution in [0.2, 0.25) is 0 Å². The molecule has 0 aromatic heterocycles. The molecule has 2 aliphatic heterocycles. The summed E-state index contributed by atoms with van der Waals surface area (Å²) >= 11 is 0. The molecule has 2 atom stereocenters. The van der Waals surface area contributed by atoms with E-state index in [-0.39, 0.29) is 17.2 Å². The zero-order valence-corrected chi connectivity index (χ0v) is 12.1. The lowest BCUT2D eigenvalue weighted by atomic mass is 9.96. The van der Waals surface area contributed by atoms with E-state index in [0.717, 1.165) is 12.3 Å². The Morgan fingerprint density at radius 1 is 1.26 bits per heavy atom. The fraction of sp³-hybridized carbons (Fsp3) is 0.562. The fourth-order valence-electron chi connectivity index (χ4n) is 2.64. The summed E-state index contributed by atoms with van der Waals surface area (Å²) in [6, 6.07) is 8.52. The van der Waals surface area contributed by atoms with Crippen LogP contribution in [0.5, 0.6) is 0 Å². The van der Waals surface area contributed by atoms with Crippen LogP contribution in [0.15, 0.2) is 29.3 Å². The number of hydrogen-bond donors (Lipinski definition) is 0. The second-order valence-electron chi connectivity index (χ2n) is 6.17. The molecule has 2 aliphatic rings. The van der Waals surface area contributed by atoms with Crippen LogP contribution in [0.25, 0.3) is 0 Å². The average Bonchev–Trinajstić information content (AvgIpc) is 3.01. The highest BCUT2D eigenvalue weighted by Crippen LogP contribution is 2.54. The molecule has 0 radical (unpaired) electrons. The molecule has 1 aromatic carbocycles. The summed E-state index contributed by atoms with van der Waals surface area (Å²) in [6.45, 7) is 9.05. The van der Waals surface area contributed by atoms with Gasteiger partial charge in [0.25, 0.3) is 0 Å². The van der Waals surface area contributed by atoms with Crippen molar-refractivity contribution in [3.63, 3.8) is 0 Å². The molecule has 1 aromatic rings. The van der Waals surface area contributed by atoms with Crippen molar-refractivity contribution >= 4 is 5.90 Å². The van der Waals surface area contributed by atoms with E-state index >= 15 is 0 Å². The van der Waals surface area contributed by atoms with Gasteiger partial charge in [-0.05, 0) is 32.8 Å². The van der Waals surface area contributed by atoms with Crippen molar-refractivity contribution in [3.05, 3.63) is 35.4 Å². The monoisotopic (exact) mass is 259 g/mol. The number of hydrogen-bond acceptors (Lipinski definition) is 3. The number of aryl methyl sites for hydroxylation is 1. The number of nitrogens with zero attached hydrogens (tertiary/aromatic N) is 1. The van der Waals surface area contributed by atoms with E-state index in [4.69, 9.17) is 9.47 Å². The largest absolute Gasteiger partial charge is 0.476 e. The summed E-state index contributed by atoms with van der Waals surface area (Å²) in [4.78, 5) is 4.69. The van der Waals surface area contributed by atoms with Gasteiger partial charge < -0.3 is 9.47 Å². The molecule has 3 rings (SSSR count). The van der Waals surface area contributed by atoms with Gasteiger partial charge in [0.05, 0.1) is 5.54 Å². The van der Waals surface area contributed by atoms with Crippen molar-refractivity contribution in [2.75, 3.05) is 6.61 Å². The molecule has 0 amide bonds. The van der Waals surface area contributed by atoms with E-state index in [9.17, 15) is 0 Å². The Labute approximate surface area is 114 Å². The van der Waals surface area contributed by atoms with Crippen molar-refractivity contribution in [2.45, 2.75) is 51.4 Å². The lowest BCUT2D eigenvalue weighted by Gasteiger charge is -2.10. The lowest BCUT2D eigenvalue weighted by Crippen LogP contribution is -2.25. The molecular weight excluding hydrogens is 238 g/mol. The summed E-state index contributed by atoms with van der Waals surface area (Å²) in [6.07, 6.45) is 0.978. The lowest BCUT2D eigenvalue weighted by molar-refractivity contribution is 0.244. The maximum atomic E-state index is 6.00. The third kappa shape index (κ3) is 2.06. The second kappa shape index (κ2) is 4.07. The standard InChI is InChI=1S/C16H21NO2/c1-5-16(14-17-15(3,4)10-18-14)13(19-16)12-8-6-11(2)7-9-12/h6-9,13H,5,10H2,1-4H3/t13-,16-/m0/s1. The smallest absolute Gasteiger partial charge is 0.220 e. The highest BCUT2D eigenvalue weighted by Gasteiger charge is 2.62. The molecule has 0 aliphatic carbocycles. The molecular formula is C16H21NO2. The predicted molar refractivity (Wildman–Crippen MR) is 75.5 cm³/mol. The van der Waals surface area contributed by atoms with E-state index in [1.165, 1.54) is 11.1 Å². The van der Waals surface area contributed by atoms with Gasteiger partial charge in [0.15, 0.2) is 5.60 Å². The Morgan fingerprint density at radius 2 is 1.95 bits per heavy atom. The van der Waals surface area contributed by atoms with Crippen molar-refractivity contribution < 1.29 is 9.47 Å². The Bertz CT molecular complexity index is 518. The Morgan fingerprint density at radius 3 is 2.47 bits per heavy atom. The number of benzene rings is 1. The zero-order chi connectivity index (χ0) is 13.7. The van der Waals surface area contributed by atoms with Crippen LogP contribution in [0.4, 0.5) is 0 Å². The third-order valence-electron chi connectivity index (χ3n) is 3.93. The van der Waals surface area contributed by atoms with Gasteiger partial charge in [0.2, 0.25) is 5.90 Å². The van der Waals surface area contributed by atoms with E-state index in [2.05, 4.69) is 57.0 Å². The number of ether oxygens (including phenoxy) is 2. The maximum absolute atomic E-state index is 6.00. The van der Waals surface area contributed by atoms with E-state index in [1.54, 1.807) is 0 Å². The molecule has 102 valence electrons. The first kappa shape index (κ1) is 12.7. The van der Waals surface area contributed by atoms with Crippen LogP contribution in [-0.2, 0) is 9.47 Å². The maximum Gasteiger partial charge on any atom is 0.220 e. The highest BCUT2D eigenvalue weighted by atomic mass is 16.6. The van der Waals surface area contributed by atoms with E-state index in [1.807, 2.05) is 0 Å². The minimum Gasteiger partial charge on any atom is -0.476 e. The molecule has 3 nitrogen and oxygen atoms in total. The van der Waals surface area contributed by atoms with E-state index in [0.29, 0.717) is 6.61 Å². The van der Waals surface area contributed by atoms with Crippen molar-refractivity contribution in [3.8, 4) is 0 Å². The van der Waals surface area contributed by atoms with Crippen molar-refractivity contribution in [1.29, 1.82) is 0 Å². The molecule has 1 saturated heterocycles. The summed E-state index contributed by atoms with van der Waals surface area (Å²) < 4.78 is 11.8. The molecule has 0 saturated carbocycles. The Kier molecular flexibility index (Phi) is 2.72. The first-order valence-electron chi connectivity index (χ1n) is 6.94. The van der Waals surface area contributed by atoms with Crippen molar-refractivity contribution in [2.24, 2.45) is 4.99 Å². The van der Waals surface area contributed by atoms with Gasteiger partial charge >= 0.3 is 0 Å². The molecule has 1 fully saturated rings. The van der Waals surface area contributed by atoms with Crippen LogP contribution in [0, 0.1) is 6.92 Å². The van der Waals surface area contributed by atoms with Gasteiger partial charge in [-0.2, -0.15) is 0 Å². The molecule has 2 heterocycles. The summed E-state index contributed by atoms with van der Waals surface area (Å²) in [5, 5.41) is 0. The van der Waals surface area contributed by atoms with Gasteiger partial charge in [0, 0.05) is 0 Å². The van der Waals surface area contributed by atoms with Gasteiger partial charge in [-0.15, -0.1) is 0 Å². The van der Waals surface area contributed by atoms with Gasteiger partial charge in [-0.3, -0.25) is 0 Å². The summed E-state index contributed by atoms with van der Waals surface area (Å²) in [7, 11) is 0. The molecule has 19 heavy (non-hydrogen) atoms. The summed E-state index contributed by atoms with van der Waals surface area (Å²) in [5.74, 6) is 0.783. The minimum atomic E-state index is -0.330. The first-order valence-corrected chi connectivity index (χ1v) is 6.94. The van der Waals surface area contributed by atoms with Gasteiger partial charge in [-0.25, -0.2) is 4.99 Å². The number of aliphatic imine (C=N–C) groups is 1. The Hall–Kier alpha value is -1.35. The van der Waals surface area contributed by atoms with Gasteiger partial charge in [-0.1, -0.05) is 36.8 Å². The SMILES string of the molecule is CC[C@]1(C2=NC(C)(C)CO2)O[C@H]1c1ccc(C)cc1. The van der Waals surface area contributed by atoms with Crippen LogP contribution in [0.1, 0.15) is 44.4 Å². The highest BCUT2D eigenvalue weighted by molar-refractivity contribution is 5.90. The summed E-state index contributed by atoms with van der Waals surface area (Å²) in [5.41, 5.74) is 2.02. The first-order chi connectivity index (χ1) is 8.97. The van der Waals surface area contributed by atoms with Crippen LogP contribution in [0.3, 0.4) is 0 Å². The van der Waals surface area contributed by atoms with Crippen molar-refractivity contribution in [1.82, 2.24) is 0 Å². The quantitative estimate of drug-likeness (QED) is 0.779. The van der Waals surface area contributed by atoms with Crippen LogP contribution >= 0.6 is 0 Å². The third-order valence-corrected chi connectivity index (χ3v) is 3.93. The number of epoxide rings is 1. The molecule has 0 N–H and O–H groups in total. The fourth-order valence-corrected chi connectivity index (χ4v) is 2.64. The Balaban J connectivity index is 1.87.